The quantitative estimate of drug-likeness (QED) is 0.580. The van der Waals surface area contributed by atoms with Gasteiger partial charge in [-0.2, -0.15) is 0 Å². The first-order valence-corrected chi connectivity index (χ1v) is 7.44. The molecule has 2 fully saturated rings. The Morgan fingerprint density at radius 3 is 2.89 bits per heavy atom. The fourth-order valence-electron chi connectivity index (χ4n) is 4.12. The zero-order valence-electron chi connectivity index (χ0n) is 11.3. The van der Waals surface area contributed by atoms with Crippen LogP contribution in [0.3, 0.4) is 0 Å². The first-order chi connectivity index (χ1) is 8.52. The molecule has 18 heavy (non-hydrogen) atoms. The van der Waals surface area contributed by atoms with Crippen molar-refractivity contribution in [3.63, 3.8) is 0 Å². The summed E-state index contributed by atoms with van der Waals surface area (Å²) in [6.45, 7) is 4.98. The summed E-state index contributed by atoms with van der Waals surface area (Å²) in [5.41, 5.74) is 1.81. The van der Waals surface area contributed by atoms with E-state index in [2.05, 4.69) is 22.9 Å². The second-order valence-electron chi connectivity index (χ2n) is 6.28. The summed E-state index contributed by atoms with van der Waals surface area (Å²) < 4.78 is 0. The third-order valence-electron chi connectivity index (χ3n) is 5.04. The van der Waals surface area contributed by atoms with Gasteiger partial charge < -0.3 is 5.11 Å². The molecule has 2 saturated heterocycles. The lowest BCUT2D eigenvalue weighted by molar-refractivity contribution is 0.0304. The van der Waals surface area contributed by atoms with Crippen molar-refractivity contribution in [1.29, 1.82) is 0 Å². The van der Waals surface area contributed by atoms with E-state index in [1.54, 1.807) is 5.57 Å². The SMILES string of the molecule is CC(O)N1CCC2(CN(C)C3CCC(Cl)C=C32)C1. The number of halogens is 1. The number of hydrogen-bond donors (Lipinski definition) is 1. The van der Waals surface area contributed by atoms with Gasteiger partial charge in [0.1, 0.15) is 6.23 Å². The van der Waals surface area contributed by atoms with Crippen LogP contribution in [0.15, 0.2) is 11.6 Å². The molecular formula is C14H23ClN2O. The zero-order valence-corrected chi connectivity index (χ0v) is 12.0. The number of fused-ring (bicyclic) bond motifs is 2. The van der Waals surface area contributed by atoms with Gasteiger partial charge in [0.15, 0.2) is 0 Å². The molecule has 1 aliphatic carbocycles. The lowest BCUT2D eigenvalue weighted by atomic mass is 9.76. The third-order valence-corrected chi connectivity index (χ3v) is 5.39. The van der Waals surface area contributed by atoms with Gasteiger partial charge in [-0.05, 0) is 38.8 Å². The summed E-state index contributed by atoms with van der Waals surface area (Å²) in [7, 11) is 2.23. The summed E-state index contributed by atoms with van der Waals surface area (Å²) in [5, 5.41) is 9.99. The Balaban J connectivity index is 1.89. The Kier molecular flexibility index (Phi) is 3.22. The summed E-state index contributed by atoms with van der Waals surface area (Å²) in [6, 6.07) is 0.592. The van der Waals surface area contributed by atoms with Gasteiger partial charge in [0.05, 0.1) is 5.38 Å². The minimum absolute atomic E-state index is 0.209. The molecule has 2 aliphatic heterocycles. The fourth-order valence-corrected chi connectivity index (χ4v) is 4.38. The Labute approximate surface area is 114 Å². The predicted octanol–water partition coefficient (Wildman–Crippen LogP) is 1.66. The number of alkyl halides is 1. The molecule has 0 aromatic heterocycles. The number of rotatable bonds is 1. The van der Waals surface area contributed by atoms with E-state index >= 15 is 0 Å². The highest BCUT2D eigenvalue weighted by Crippen LogP contribution is 2.49. The molecule has 2 heterocycles. The van der Waals surface area contributed by atoms with Crippen molar-refractivity contribution in [3.8, 4) is 0 Å². The van der Waals surface area contributed by atoms with Crippen LogP contribution in [0.1, 0.15) is 26.2 Å². The third kappa shape index (κ3) is 1.92. The zero-order chi connectivity index (χ0) is 12.9. The lowest BCUT2D eigenvalue weighted by Gasteiger charge is -2.31. The molecule has 0 aromatic rings. The van der Waals surface area contributed by atoms with Gasteiger partial charge in [-0.1, -0.05) is 6.08 Å². The van der Waals surface area contributed by atoms with Crippen molar-refractivity contribution in [2.45, 2.75) is 43.8 Å². The Morgan fingerprint density at radius 2 is 2.22 bits per heavy atom. The molecule has 1 spiro atoms. The van der Waals surface area contributed by atoms with Crippen LogP contribution in [0.25, 0.3) is 0 Å². The van der Waals surface area contributed by atoms with E-state index in [1.165, 1.54) is 6.42 Å². The average Bonchev–Trinajstić information content (AvgIpc) is 2.84. The Hall–Kier alpha value is -0.0900. The topological polar surface area (TPSA) is 26.7 Å². The number of likely N-dealkylation sites (N-methyl/N-ethyl adjacent to an activating group) is 1. The van der Waals surface area contributed by atoms with Crippen LogP contribution < -0.4 is 0 Å². The smallest absolute Gasteiger partial charge is 0.104 e. The summed E-state index contributed by atoms with van der Waals surface area (Å²) in [4.78, 5) is 4.68. The molecule has 0 bridgehead atoms. The van der Waals surface area contributed by atoms with Crippen LogP contribution >= 0.6 is 11.6 Å². The van der Waals surface area contributed by atoms with E-state index in [-0.39, 0.29) is 17.0 Å². The lowest BCUT2D eigenvalue weighted by Crippen LogP contribution is -2.35. The minimum Gasteiger partial charge on any atom is -0.379 e. The van der Waals surface area contributed by atoms with Crippen molar-refractivity contribution >= 4 is 11.6 Å². The molecule has 4 unspecified atom stereocenters. The van der Waals surface area contributed by atoms with Crippen molar-refractivity contribution < 1.29 is 5.11 Å². The van der Waals surface area contributed by atoms with E-state index in [1.807, 2.05) is 6.92 Å². The van der Waals surface area contributed by atoms with Crippen molar-refractivity contribution in [2.75, 3.05) is 26.7 Å². The van der Waals surface area contributed by atoms with Crippen LogP contribution in [0, 0.1) is 5.41 Å². The maximum Gasteiger partial charge on any atom is 0.104 e. The Bertz CT molecular complexity index is 371. The molecule has 0 radical (unpaired) electrons. The standard InChI is InChI=1S/C14H23ClN2O/c1-10(18)17-6-5-14(9-17)8-16(2)13-4-3-11(15)7-12(13)14/h7,10-11,13,18H,3-6,8-9H2,1-2H3. The number of aliphatic hydroxyl groups excluding tert-OH is 1. The van der Waals surface area contributed by atoms with E-state index in [9.17, 15) is 5.11 Å². The highest BCUT2D eigenvalue weighted by Gasteiger charge is 2.51. The van der Waals surface area contributed by atoms with Gasteiger partial charge in [-0.3, -0.25) is 9.80 Å². The first kappa shape index (κ1) is 12.9. The van der Waals surface area contributed by atoms with E-state index in [4.69, 9.17) is 11.6 Å². The molecule has 3 rings (SSSR count). The molecule has 3 aliphatic rings. The number of aliphatic hydroxyl groups is 1. The number of likely N-dealkylation sites (tertiary alicyclic amines) is 2. The largest absolute Gasteiger partial charge is 0.379 e. The van der Waals surface area contributed by atoms with Gasteiger partial charge in [-0.25, -0.2) is 0 Å². The Morgan fingerprint density at radius 1 is 1.44 bits per heavy atom. The van der Waals surface area contributed by atoms with Crippen molar-refractivity contribution in [1.82, 2.24) is 9.80 Å². The minimum atomic E-state index is -0.329. The van der Waals surface area contributed by atoms with E-state index in [0.717, 1.165) is 32.5 Å². The highest BCUT2D eigenvalue weighted by molar-refractivity contribution is 6.21. The second kappa shape index (κ2) is 4.48. The summed E-state index contributed by atoms with van der Waals surface area (Å²) >= 11 is 6.33. The maximum atomic E-state index is 9.78. The molecule has 4 heteroatoms. The maximum absolute atomic E-state index is 9.78. The molecule has 102 valence electrons. The fraction of sp³-hybridized carbons (Fsp3) is 0.857. The monoisotopic (exact) mass is 270 g/mol. The number of allylic oxidation sites excluding steroid dienone is 1. The normalized spacial score (nSPS) is 43.2. The van der Waals surface area contributed by atoms with Gasteiger partial charge >= 0.3 is 0 Å². The van der Waals surface area contributed by atoms with E-state index < -0.39 is 0 Å². The average molecular weight is 271 g/mol. The summed E-state index contributed by atoms with van der Waals surface area (Å²) in [6.07, 6.45) is 5.42. The van der Waals surface area contributed by atoms with Crippen molar-refractivity contribution in [3.05, 3.63) is 11.6 Å². The van der Waals surface area contributed by atoms with Crippen LogP contribution in [0.5, 0.6) is 0 Å². The first-order valence-electron chi connectivity index (χ1n) is 7.00. The van der Waals surface area contributed by atoms with E-state index in [0.29, 0.717) is 6.04 Å². The van der Waals surface area contributed by atoms with Gasteiger partial charge in [-0.15, -0.1) is 11.6 Å². The van der Waals surface area contributed by atoms with Gasteiger partial charge in [0.2, 0.25) is 0 Å². The molecule has 0 saturated carbocycles. The van der Waals surface area contributed by atoms with Gasteiger partial charge in [0, 0.05) is 31.1 Å². The van der Waals surface area contributed by atoms with Crippen LogP contribution in [-0.2, 0) is 0 Å². The molecule has 4 atom stereocenters. The van der Waals surface area contributed by atoms with Crippen LogP contribution in [-0.4, -0.2) is 59.2 Å². The predicted molar refractivity (Wildman–Crippen MR) is 73.7 cm³/mol. The van der Waals surface area contributed by atoms with Crippen LogP contribution in [0.2, 0.25) is 0 Å². The van der Waals surface area contributed by atoms with Crippen molar-refractivity contribution in [2.24, 2.45) is 5.41 Å². The molecule has 0 aromatic carbocycles. The highest BCUT2D eigenvalue weighted by atomic mass is 35.5. The second-order valence-corrected chi connectivity index (χ2v) is 6.84. The number of nitrogens with zero attached hydrogens (tertiary/aromatic N) is 2. The number of hydrogen-bond acceptors (Lipinski definition) is 3. The molecule has 3 nitrogen and oxygen atoms in total. The summed E-state index contributed by atoms with van der Waals surface area (Å²) in [5.74, 6) is 0. The molecular weight excluding hydrogens is 248 g/mol. The molecule has 0 amide bonds. The molecule has 1 N–H and O–H groups in total. The van der Waals surface area contributed by atoms with Gasteiger partial charge in [0.25, 0.3) is 0 Å². The van der Waals surface area contributed by atoms with Crippen LogP contribution in [0.4, 0.5) is 0 Å².